The van der Waals surface area contributed by atoms with Crippen LogP contribution in [0.25, 0.3) is 5.69 Å². The third-order valence-corrected chi connectivity index (χ3v) is 6.78. The molecule has 8 heteroatoms. The van der Waals surface area contributed by atoms with Gasteiger partial charge in [0.25, 0.3) is 5.91 Å². The van der Waals surface area contributed by atoms with Gasteiger partial charge in [-0.25, -0.2) is 9.67 Å². The lowest BCUT2D eigenvalue weighted by molar-refractivity contribution is -0.120. The first-order valence-electron chi connectivity index (χ1n) is 11.4. The lowest BCUT2D eigenvalue weighted by Crippen LogP contribution is -2.47. The molecule has 2 heterocycles. The van der Waals surface area contributed by atoms with E-state index in [0.717, 1.165) is 31.4 Å². The maximum absolute atomic E-state index is 13.7. The summed E-state index contributed by atoms with van der Waals surface area (Å²) in [5.41, 5.74) is 2.04. The number of fused-ring (bicyclic) bond motifs is 1. The number of hydrogen-bond donors (Lipinski definition) is 1. The molecule has 0 radical (unpaired) electrons. The van der Waals surface area contributed by atoms with Crippen LogP contribution >= 0.6 is 0 Å². The summed E-state index contributed by atoms with van der Waals surface area (Å²) in [4.78, 5) is 32.9. The number of aromatic nitrogens is 3. The van der Waals surface area contributed by atoms with Crippen molar-refractivity contribution in [2.24, 2.45) is 5.92 Å². The van der Waals surface area contributed by atoms with Crippen LogP contribution in [-0.2, 0) is 4.79 Å². The number of nitrogens with one attached hydrogen (secondary N) is 1. The minimum atomic E-state index is -0.509. The number of nitrogens with zero attached hydrogens (tertiary/aromatic N) is 4. The summed E-state index contributed by atoms with van der Waals surface area (Å²) in [6, 6.07) is 14.2. The van der Waals surface area contributed by atoms with Crippen molar-refractivity contribution in [2.75, 3.05) is 12.4 Å². The van der Waals surface area contributed by atoms with Gasteiger partial charge in [0.05, 0.1) is 18.4 Å². The fourth-order valence-electron chi connectivity index (χ4n) is 5.21. The van der Waals surface area contributed by atoms with Crippen molar-refractivity contribution < 1.29 is 14.3 Å². The predicted octanol–water partition coefficient (Wildman–Crippen LogP) is 3.69. The SMILES string of the molecule is COc1ccccc1C(=O)N1C(C(=O)Nc2ccc(-n3cncn3)cc2)CC2CCCCC21. The van der Waals surface area contributed by atoms with Crippen molar-refractivity contribution in [2.45, 2.75) is 44.2 Å². The Morgan fingerprint density at radius 2 is 1.85 bits per heavy atom. The van der Waals surface area contributed by atoms with E-state index in [1.807, 2.05) is 41.3 Å². The molecular formula is C25H27N5O3. The molecule has 1 saturated heterocycles. The molecule has 0 bridgehead atoms. The molecule has 1 N–H and O–H groups in total. The average molecular weight is 446 g/mol. The van der Waals surface area contributed by atoms with Crippen LogP contribution in [0.4, 0.5) is 5.69 Å². The van der Waals surface area contributed by atoms with Gasteiger partial charge in [-0.1, -0.05) is 25.0 Å². The van der Waals surface area contributed by atoms with Crippen molar-refractivity contribution >= 4 is 17.5 Å². The van der Waals surface area contributed by atoms with Gasteiger partial charge >= 0.3 is 0 Å². The van der Waals surface area contributed by atoms with Gasteiger partial charge in [0, 0.05) is 11.7 Å². The van der Waals surface area contributed by atoms with Crippen LogP contribution in [0.2, 0.25) is 0 Å². The summed E-state index contributed by atoms with van der Waals surface area (Å²) in [5.74, 6) is 0.595. The number of hydrogen-bond acceptors (Lipinski definition) is 5. The lowest BCUT2D eigenvalue weighted by Gasteiger charge is -2.34. The van der Waals surface area contributed by atoms with Crippen LogP contribution < -0.4 is 10.1 Å². The number of carbonyl (C=O) groups is 2. The summed E-state index contributed by atoms with van der Waals surface area (Å²) in [6.07, 6.45) is 8.00. The summed E-state index contributed by atoms with van der Waals surface area (Å²) in [5, 5.41) is 7.14. The molecule has 1 aliphatic heterocycles. The highest BCUT2D eigenvalue weighted by Crippen LogP contribution is 2.41. The Kier molecular flexibility index (Phi) is 5.81. The fraction of sp³-hybridized carbons (Fsp3) is 0.360. The smallest absolute Gasteiger partial charge is 0.258 e. The Morgan fingerprint density at radius 1 is 1.06 bits per heavy atom. The first-order valence-corrected chi connectivity index (χ1v) is 11.4. The molecule has 2 aliphatic rings. The molecule has 3 atom stereocenters. The number of amides is 2. The van der Waals surface area contributed by atoms with E-state index in [2.05, 4.69) is 15.4 Å². The molecule has 1 aliphatic carbocycles. The number of para-hydroxylation sites is 1. The number of methoxy groups -OCH3 is 1. The average Bonchev–Trinajstić information content (AvgIpc) is 3.52. The summed E-state index contributed by atoms with van der Waals surface area (Å²) in [6.45, 7) is 0. The normalized spacial score (nSPS) is 22.0. The van der Waals surface area contributed by atoms with Crippen LogP contribution in [0.1, 0.15) is 42.5 Å². The second kappa shape index (κ2) is 9.05. The molecule has 0 spiro atoms. The number of likely N-dealkylation sites (tertiary alicyclic amines) is 1. The lowest BCUT2D eigenvalue weighted by atomic mass is 9.84. The van der Waals surface area contributed by atoms with Gasteiger partial charge in [0.2, 0.25) is 5.91 Å². The van der Waals surface area contributed by atoms with Crippen molar-refractivity contribution in [1.29, 1.82) is 0 Å². The van der Waals surface area contributed by atoms with Gasteiger partial charge in [-0.05, 0) is 61.6 Å². The van der Waals surface area contributed by atoms with E-state index in [9.17, 15) is 9.59 Å². The summed E-state index contributed by atoms with van der Waals surface area (Å²) < 4.78 is 7.09. The fourth-order valence-corrected chi connectivity index (χ4v) is 5.21. The molecule has 3 unspecified atom stereocenters. The van der Waals surface area contributed by atoms with Crippen molar-refractivity contribution in [3.8, 4) is 11.4 Å². The third-order valence-electron chi connectivity index (χ3n) is 6.78. The molecular weight excluding hydrogens is 418 g/mol. The number of carbonyl (C=O) groups excluding carboxylic acids is 2. The van der Waals surface area contributed by atoms with Gasteiger partial charge in [-0.2, -0.15) is 5.10 Å². The van der Waals surface area contributed by atoms with E-state index in [1.165, 1.54) is 6.33 Å². The maximum atomic E-state index is 13.7. The molecule has 8 nitrogen and oxygen atoms in total. The number of rotatable bonds is 5. The van der Waals surface area contributed by atoms with E-state index in [-0.39, 0.29) is 17.9 Å². The number of anilines is 1. The molecule has 1 saturated carbocycles. The Balaban J connectivity index is 1.39. The highest BCUT2D eigenvalue weighted by molar-refractivity contribution is 6.03. The number of benzene rings is 2. The van der Waals surface area contributed by atoms with E-state index in [4.69, 9.17) is 4.74 Å². The van der Waals surface area contributed by atoms with Gasteiger partial charge in [-0.3, -0.25) is 9.59 Å². The van der Waals surface area contributed by atoms with E-state index < -0.39 is 6.04 Å². The van der Waals surface area contributed by atoms with Gasteiger partial charge in [0.15, 0.2) is 0 Å². The van der Waals surface area contributed by atoms with Crippen LogP contribution in [0.15, 0.2) is 61.2 Å². The van der Waals surface area contributed by atoms with E-state index in [1.54, 1.807) is 30.3 Å². The first kappa shape index (κ1) is 21.2. The topological polar surface area (TPSA) is 89.4 Å². The first-order chi connectivity index (χ1) is 16.2. The van der Waals surface area contributed by atoms with Crippen molar-refractivity contribution in [3.05, 3.63) is 66.7 Å². The van der Waals surface area contributed by atoms with Crippen LogP contribution in [0, 0.1) is 5.92 Å². The highest BCUT2D eigenvalue weighted by atomic mass is 16.5. The van der Waals surface area contributed by atoms with Crippen LogP contribution in [0.5, 0.6) is 5.75 Å². The molecule has 2 amide bonds. The second-order valence-electron chi connectivity index (χ2n) is 8.65. The second-order valence-corrected chi connectivity index (χ2v) is 8.65. The standard InChI is InChI=1S/C25H27N5O3/c1-33-23-9-5-3-7-20(23)25(32)30-21-8-4-2-6-17(21)14-22(30)24(31)28-18-10-12-19(13-11-18)29-16-26-15-27-29/h3,5,7,9-13,15-17,21-22H,2,4,6,8,14H2,1H3,(H,28,31). The molecule has 1 aromatic heterocycles. The Hall–Kier alpha value is -3.68. The van der Waals surface area contributed by atoms with Gasteiger partial charge in [0.1, 0.15) is 24.4 Å². The minimum absolute atomic E-state index is 0.0848. The van der Waals surface area contributed by atoms with Gasteiger partial charge < -0.3 is 15.0 Å². The van der Waals surface area contributed by atoms with Gasteiger partial charge in [-0.15, -0.1) is 0 Å². The van der Waals surface area contributed by atoms with Crippen LogP contribution in [0.3, 0.4) is 0 Å². The molecule has 5 rings (SSSR count). The predicted molar refractivity (Wildman–Crippen MR) is 123 cm³/mol. The molecule has 170 valence electrons. The zero-order valence-corrected chi connectivity index (χ0v) is 18.6. The zero-order valence-electron chi connectivity index (χ0n) is 18.6. The van der Waals surface area contributed by atoms with E-state index in [0.29, 0.717) is 29.3 Å². The largest absolute Gasteiger partial charge is 0.496 e. The van der Waals surface area contributed by atoms with E-state index >= 15 is 0 Å². The van der Waals surface area contributed by atoms with Crippen LogP contribution in [-0.4, -0.2) is 50.7 Å². The summed E-state index contributed by atoms with van der Waals surface area (Å²) in [7, 11) is 1.56. The third kappa shape index (κ3) is 4.08. The maximum Gasteiger partial charge on any atom is 0.258 e. The molecule has 33 heavy (non-hydrogen) atoms. The molecule has 2 fully saturated rings. The zero-order chi connectivity index (χ0) is 22.8. The monoisotopic (exact) mass is 445 g/mol. The van der Waals surface area contributed by atoms with Crippen molar-refractivity contribution in [1.82, 2.24) is 19.7 Å². The molecule has 3 aromatic rings. The Bertz CT molecular complexity index is 1130. The Labute approximate surface area is 192 Å². The van der Waals surface area contributed by atoms with Crippen molar-refractivity contribution in [3.63, 3.8) is 0 Å². The number of ether oxygens (including phenoxy) is 1. The molecule has 2 aromatic carbocycles. The highest BCUT2D eigenvalue weighted by Gasteiger charge is 2.48. The quantitative estimate of drug-likeness (QED) is 0.647. The Morgan fingerprint density at radius 3 is 2.61 bits per heavy atom. The minimum Gasteiger partial charge on any atom is -0.496 e. The summed E-state index contributed by atoms with van der Waals surface area (Å²) >= 11 is 0.